The fourth-order valence-corrected chi connectivity index (χ4v) is 3.20. The second-order valence-corrected chi connectivity index (χ2v) is 5.98. The molecule has 3 rings (SSSR count). The maximum absolute atomic E-state index is 12.9. The van der Waals surface area contributed by atoms with Crippen molar-refractivity contribution in [2.45, 2.75) is 19.8 Å². The minimum atomic E-state index is -1.13. The van der Waals surface area contributed by atoms with Crippen molar-refractivity contribution in [2.75, 3.05) is 6.61 Å². The van der Waals surface area contributed by atoms with Crippen LogP contribution in [0.15, 0.2) is 60.7 Å². The van der Waals surface area contributed by atoms with Gasteiger partial charge in [-0.2, -0.15) is 0 Å². The van der Waals surface area contributed by atoms with E-state index in [0.717, 1.165) is 11.1 Å². The number of carbonyl (C=O) groups excluding carboxylic acids is 2. The number of carbonyl (C=O) groups is 2. The highest BCUT2D eigenvalue weighted by atomic mass is 16.5. The fraction of sp³-hybridized carbons (Fsp3) is 0.238. The average Bonchev–Trinajstić information content (AvgIpc) is 2.90. The molecule has 2 aromatic rings. The van der Waals surface area contributed by atoms with E-state index < -0.39 is 11.4 Å². The Morgan fingerprint density at radius 1 is 1.12 bits per heavy atom. The van der Waals surface area contributed by atoms with Gasteiger partial charge in [-0.15, -0.1) is 0 Å². The Balaban J connectivity index is 1.89. The number of esters is 1. The SMILES string of the molecule is CCOC(=O)C1(C/C=C/c2ccccc2)Cc2ccccc2C1=O. The molecule has 122 valence electrons. The number of rotatable bonds is 5. The highest BCUT2D eigenvalue weighted by Crippen LogP contribution is 2.41. The van der Waals surface area contributed by atoms with Crippen LogP contribution in [0.4, 0.5) is 0 Å². The Hall–Kier alpha value is -2.68. The summed E-state index contributed by atoms with van der Waals surface area (Å²) in [4.78, 5) is 25.6. The van der Waals surface area contributed by atoms with Crippen molar-refractivity contribution in [3.8, 4) is 0 Å². The summed E-state index contributed by atoms with van der Waals surface area (Å²) >= 11 is 0. The summed E-state index contributed by atoms with van der Waals surface area (Å²) in [7, 11) is 0. The van der Waals surface area contributed by atoms with E-state index in [1.807, 2.05) is 60.7 Å². The van der Waals surface area contributed by atoms with Crippen LogP contribution in [0.3, 0.4) is 0 Å². The standard InChI is InChI=1S/C21H20O3/c1-2-24-20(23)21(14-8-11-16-9-4-3-5-10-16)15-17-12-6-7-13-18(17)19(21)22/h3-13H,2,14-15H2,1H3/b11-8+. The van der Waals surface area contributed by atoms with Gasteiger partial charge >= 0.3 is 5.97 Å². The first kappa shape index (κ1) is 16.2. The van der Waals surface area contributed by atoms with Crippen LogP contribution in [0, 0.1) is 5.41 Å². The number of benzene rings is 2. The molecule has 1 unspecified atom stereocenters. The van der Waals surface area contributed by atoms with E-state index in [2.05, 4.69) is 0 Å². The summed E-state index contributed by atoms with van der Waals surface area (Å²) in [5, 5.41) is 0. The lowest BCUT2D eigenvalue weighted by molar-refractivity contribution is -0.151. The van der Waals surface area contributed by atoms with Gasteiger partial charge in [0.2, 0.25) is 0 Å². The van der Waals surface area contributed by atoms with Crippen LogP contribution in [-0.2, 0) is 16.0 Å². The summed E-state index contributed by atoms with van der Waals surface area (Å²) in [6, 6.07) is 17.3. The molecule has 2 aromatic carbocycles. The van der Waals surface area contributed by atoms with E-state index in [4.69, 9.17) is 4.74 Å². The minimum Gasteiger partial charge on any atom is -0.465 e. The van der Waals surface area contributed by atoms with Gasteiger partial charge in [-0.25, -0.2) is 0 Å². The molecule has 0 spiro atoms. The van der Waals surface area contributed by atoms with E-state index in [1.165, 1.54) is 0 Å². The van der Waals surface area contributed by atoms with Gasteiger partial charge in [-0.1, -0.05) is 66.7 Å². The third kappa shape index (κ3) is 2.90. The molecular formula is C21H20O3. The Labute approximate surface area is 142 Å². The lowest BCUT2D eigenvalue weighted by Crippen LogP contribution is -2.38. The molecule has 1 atom stereocenters. The maximum Gasteiger partial charge on any atom is 0.320 e. The quantitative estimate of drug-likeness (QED) is 0.616. The van der Waals surface area contributed by atoms with Gasteiger partial charge in [-0.05, 0) is 30.9 Å². The van der Waals surface area contributed by atoms with Crippen LogP contribution in [0.1, 0.15) is 34.8 Å². The first-order chi connectivity index (χ1) is 11.7. The van der Waals surface area contributed by atoms with Gasteiger partial charge in [0.25, 0.3) is 0 Å². The van der Waals surface area contributed by atoms with Crippen LogP contribution in [0.25, 0.3) is 6.08 Å². The topological polar surface area (TPSA) is 43.4 Å². The molecule has 3 heteroatoms. The van der Waals surface area contributed by atoms with Gasteiger partial charge in [0, 0.05) is 5.56 Å². The average molecular weight is 320 g/mol. The minimum absolute atomic E-state index is 0.130. The molecule has 1 aliphatic rings. The monoisotopic (exact) mass is 320 g/mol. The van der Waals surface area contributed by atoms with Crippen molar-refractivity contribution in [1.29, 1.82) is 0 Å². The van der Waals surface area contributed by atoms with Crippen molar-refractivity contribution in [3.05, 3.63) is 77.4 Å². The molecule has 0 bridgehead atoms. The van der Waals surface area contributed by atoms with Crippen molar-refractivity contribution in [1.82, 2.24) is 0 Å². The Morgan fingerprint density at radius 2 is 1.83 bits per heavy atom. The summed E-state index contributed by atoms with van der Waals surface area (Å²) in [5.74, 6) is -0.557. The molecule has 0 saturated carbocycles. The molecule has 0 radical (unpaired) electrons. The highest BCUT2D eigenvalue weighted by molar-refractivity contribution is 6.16. The van der Waals surface area contributed by atoms with Gasteiger partial charge < -0.3 is 4.74 Å². The van der Waals surface area contributed by atoms with Crippen LogP contribution in [0.2, 0.25) is 0 Å². The predicted octanol–water partition coefficient (Wildman–Crippen LogP) is 4.08. The zero-order chi connectivity index (χ0) is 17.0. The Kier molecular flexibility index (Phi) is 4.61. The van der Waals surface area contributed by atoms with E-state index >= 15 is 0 Å². The van der Waals surface area contributed by atoms with Crippen LogP contribution < -0.4 is 0 Å². The van der Waals surface area contributed by atoms with Crippen molar-refractivity contribution < 1.29 is 14.3 Å². The fourth-order valence-electron chi connectivity index (χ4n) is 3.20. The van der Waals surface area contributed by atoms with Crippen LogP contribution in [0.5, 0.6) is 0 Å². The molecule has 24 heavy (non-hydrogen) atoms. The summed E-state index contributed by atoms with van der Waals surface area (Å²) < 4.78 is 5.24. The zero-order valence-electron chi connectivity index (χ0n) is 13.7. The number of fused-ring (bicyclic) bond motifs is 1. The largest absolute Gasteiger partial charge is 0.465 e. The molecule has 3 nitrogen and oxygen atoms in total. The summed E-state index contributed by atoms with van der Waals surface area (Å²) in [6.07, 6.45) is 4.58. The first-order valence-corrected chi connectivity index (χ1v) is 8.19. The van der Waals surface area contributed by atoms with Gasteiger partial charge in [-0.3, -0.25) is 9.59 Å². The molecule has 1 aliphatic carbocycles. The van der Waals surface area contributed by atoms with E-state index in [-0.39, 0.29) is 12.4 Å². The smallest absolute Gasteiger partial charge is 0.320 e. The lowest BCUT2D eigenvalue weighted by atomic mass is 9.80. The molecule has 0 N–H and O–H groups in total. The number of ether oxygens (including phenoxy) is 1. The van der Waals surface area contributed by atoms with Crippen LogP contribution >= 0.6 is 0 Å². The molecule has 0 saturated heterocycles. The van der Waals surface area contributed by atoms with Crippen molar-refractivity contribution in [3.63, 3.8) is 0 Å². The molecule has 0 aromatic heterocycles. The third-order valence-electron chi connectivity index (χ3n) is 4.43. The van der Waals surface area contributed by atoms with Crippen molar-refractivity contribution in [2.24, 2.45) is 5.41 Å². The molecule has 0 amide bonds. The van der Waals surface area contributed by atoms with Gasteiger partial charge in [0.1, 0.15) is 5.41 Å². The van der Waals surface area contributed by atoms with Crippen molar-refractivity contribution >= 4 is 17.8 Å². The number of hydrogen-bond acceptors (Lipinski definition) is 3. The highest BCUT2D eigenvalue weighted by Gasteiger charge is 2.51. The van der Waals surface area contributed by atoms with Crippen LogP contribution in [-0.4, -0.2) is 18.4 Å². The Morgan fingerprint density at radius 3 is 2.54 bits per heavy atom. The first-order valence-electron chi connectivity index (χ1n) is 8.19. The molecule has 0 heterocycles. The molecular weight excluding hydrogens is 300 g/mol. The number of hydrogen-bond donors (Lipinski definition) is 0. The van der Waals surface area contributed by atoms with E-state index in [0.29, 0.717) is 18.4 Å². The second kappa shape index (κ2) is 6.83. The Bertz CT molecular complexity index is 777. The summed E-state index contributed by atoms with van der Waals surface area (Å²) in [6.45, 7) is 2.03. The normalized spacial score (nSPS) is 19.5. The van der Waals surface area contributed by atoms with Gasteiger partial charge in [0.05, 0.1) is 6.61 Å². The zero-order valence-corrected chi connectivity index (χ0v) is 13.7. The molecule has 0 fully saturated rings. The predicted molar refractivity (Wildman–Crippen MR) is 93.6 cm³/mol. The van der Waals surface area contributed by atoms with Gasteiger partial charge in [0.15, 0.2) is 5.78 Å². The maximum atomic E-state index is 12.9. The van der Waals surface area contributed by atoms with E-state index in [1.54, 1.807) is 13.0 Å². The number of ketones is 1. The second-order valence-electron chi connectivity index (χ2n) is 5.98. The number of allylic oxidation sites excluding steroid dienone is 1. The van der Waals surface area contributed by atoms with E-state index in [9.17, 15) is 9.59 Å². The third-order valence-corrected chi connectivity index (χ3v) is 4.43. The molecule has 0 aliphatic heterocycles. The summed E-state index contributed by atoms with van der Waals surface area (Å²) in [5.41, 5.74) is 1.46. The number of Topliss-reactive ketones (excluding diaryl/α,β-unsaturated/α-hetero) is 1. The lowest BCUT2D eigenvalue weighted by Gasteiger charge is -2.23.